The second-order valence-electron chi connectivity index (χ2n) is 8.21. The summed E-state index contributed by atoms with van der Waals surface area (Å²) in [5.74, 6) is -0.525. The molecule has 0 aliphatic carbocycles. The molecule has 0 radical (unpaired) electrons. The second kappa shape index (κ2) is 9.00. The molecule has 1 saturated heterocycles. The largest absolute Gasteiger partial charge is 0.326 e. The van der Waals surface area contributed by atoms with E-state index in [0.717, 1.165) is 33.1 Å². The number of nitrogens with one attached hydrogen (secondary N) is 1. The zero-order chi connectivity index (χ0) is 22.8. The van der Waals surface area contributed by atoms with Gasteiger partial charge >= 0.3 is 0 Å². The zero-order valence-electron chi connectivity index (χ0n) is 18.2. The summed E-state index contributed by atoms with van der Waals surface area (Å²) in [5.41, 5.74) is 5.69. The Morgan fingerprint density at radius 2 is 1.70 bits per heavy atom. The molecule has 5 nitrogen and oxygen atoms in total. The van der Waals surface area contributed by atoms with Gasteiger partial charge in [-0.15, -0.1) is 11.3 Å². The van der Waals surface area contributed by atoms with E-state index in [4.69, 9.17) is 4.98 Å². The average molecular weight is 454 g/mol. The summed E-state index contributed by atoms with van der Waals surface area (Å²) in [6.07, 6.45) is 0.221. The average Bonchev–Trinajstić information content (AvgIpc) is 3.48. The van der Waals surface area contributed by atoms with Crippen LogP contribution in [0.4, 0.5) is 11.4 Å². The lowest BCUT2D eigenvalue weighted by atomic mass is 10.1. The highest BCUT2D eigenvalue weighted by Crippen LogP contribution is 2.30. The third-order valence-corrected chi connectivity index (χ3v) is 6.71. The minimum absolute atomic E-state index is 0.0212. The first-order valence-electron chi connectivity index (χ1n) is 10.9. The van der Waals surface area contributed by atoms with Crippen molar-refractivity contribution in [1.82, 2.24) is 4.98 Å². The number of anilines is 2. The number of carbonyl (C=O) groups is 2. The number of aryl methyl sites for hydroxylation is 1. The van der Waals surface area contributed by atoms with Crippen molar-refractivity contribution in [3.8, 4) is 21.8 Å². The predicted molar refractivity (Wildman–Crippen MR) is 133 cm³/mol. The molecular weight excluding hydrogens is 430 g/mol. The molecule has 1 aliphatic heterocycles. The maximum Gasteiger partial charge on any atom is 0.229 e. The molecule has 6 heteroatoms. The Bertz CT molecular complexity index is 1280. The lowest BCUT2D eigenvalue weighted by molar-refractivity contribution is -0.122. The van der Waals surface area contributed by atoms with Gasteiger partial charge in [0.1, 0.15) is 5.01 Å². The fourth-order valence-corrected chi connectivity index (χ4v) is 4.78. The standard InChI is InChI=1S/C27H23N3O2S/c1-18-7-13-23(14-8-18)30-16-21(15-25(30)31)26(32)28-22-11-9-19(10-12-22)24-17-33-27(29-24)20-5-3-2-4-6-20/h2-14,17,21H,15-16H2,1H3,(H,28,32). The third-order valence-electron chi connectivity index (χ3n) is 5.81. The van der Waals surface area contributed by atoms with E-state index >= 15 is 0 Å². The highest BCUT2D eigenvalue weighted by molar-refractivity contribution is 7.13. The molecular formula is C27H23N3O2S. The van der Waals surface area contributed by atoms with Crippen molar-refractivity contribution in [2.45, 2.75) is 13.3 Å². The van der Waals surface area contributed by atoms with Crippen LogP contribution >= 0.6 is 11.3 Å². The highest BCUT2D eigenvalue weighted by Gasteiger charge is 2.35. The van der Waals surface area contributed by atoms with Crippen LogP contribution in [0.15, 0.2) is 84.2 Å². The number of hydrogen-bond acceptors (Lipinski definition) is 4. The molecule has 164 valence electrons. The molecule has 33 heavy (non-hydrogen) atoms. The van der Waals surface area contributed by atoms with Crippen LogP contribution in [0.3, 0.4) is 0 Å². The Kier molecular flexibility index (Phi) is 5.75. The van der Waals surface area contributed by atoms with Crippen LogP contribution in [0.1, 0.15) is 12.0 Å². The molecule has 0 bridgehead atoms. The van der Waals surface area contributed by atoms with Gasteiger partial charge in [-0.25, -0.2) is 4.98 Å². The third kappa shape index (κ3) is 4.56. The van der Waals surface area contributed by atoms with Crippen LogP contribution in [0, 0.1) is 12.8 Å². The SMILES string of the molecule is Cc1ccc(N2CC(C(=O)Nc3ccc(-c4csc(-c5ccccc5)n4)cc3)CC2=O)cc1. The molecule has 1 aliphatic rings. The van der Waals surface area contributed by atoms with Gasteiger partial charge in [0.2, 0.25) is 11.8 Å². The smallest absolute Gasteiger partial charge is 0.229 e. The summed E-state index contributed by atoms with van der Waals surface area (Å²) >= 11 is 1.61. The molecule has 4 aromatic rings. The highest BCUT2D eigenvalue weighted by atomic mass is 32.1. The van der Waals surface area contributed by atoms with Gasteiger partial charge in [-0.1, -0.05) is 60.2 Å². The maximum atomic E-state index is 12.8. The van der Waals surface area contributed by atoms with Crippen LogP contribution in [0.5, 0.6) is 0 Å². The number of benzene rings is 3. The molecule has 1 aromatic heterocycles. The summed E-state index contributed by atoms with van der Waals surface area (Å²) in [6, 6.07) is 25.6. The molecule has 1 N–H and O–H groups in total. The van der Waals surface area contributed by atoms with E-state index in [1.165, 1.54) is 0 Å². The van der Waals surface area contributed by atoms with E-state index in [-0.39, 0.29) is 24.2 Å². The number of aromatic nitrogens is 1. The molecule has 5 rings (SSSR count). The van der Waals surface area contributed by atoms with Gasteiger partial charge in [-0.05, 0) is 31.2 Å². The Morgan fingerprint density at radius 1 is 0.970 bits per heavy atom. The summed E-state index contributed by atoms with van der Waals surface area (Å²) in [5, 5.41) is 5.98. The summed E-state index contributed by atoms with van der Waals surface area (Å²) in [4.78, 5) is 31.7. The molecule has 3 aromatic carbocycles. The summed E-state index contributed by atoms with van der Waals surface area (Å²) in [7, 11) is 0. The van der Waals surface area contributed by atoms with Crippen LogP contribution in [0.2, 0.25) is 0 Å². The van der Waals surface area contributed by atoms with E-state index < -0.39 is 0 Å². The van der Waals surface area contributed by atoms with Crippen molar-refractivity contribution in [3.63, 3.8) is 0 Å². The van der Waals surface area contributed by atoms with Crippen molar-refractivity contribution in [2.24, 2.45) is 5.92 Å². The summed E-state index contributed by atoms with van der Waals surface area (Å²) < 4.78 is 0. The first-order valence-corrected chi connectivity index (χ1v) is 11.7. The molecule has 0 saturated carbocycles. The zero-order valence-corrected chi connectivity index (χ0v) is 19.0. The number of hydrogen-bond donors (Lipinski definition) is 1. The lowest BCUT2D eigenvalue weighted by Crippen LogP contribution is -2.28. The Morgan fingerprint density at radius 3 is 2.42 bits per heavy atom. The Hall–Kier alpha value is -3.77. The fraction of sp³-hybridized carbons (Fsp3) is 0.148. The van der Waals surface area contributed by atoms with Crippen molar-refractivity contribution in [3.05, 3.63) is 89.8 Å². The van der Waals surface area contributed by atoms with E-state index in [1.54, 1.807) is 16.2 Å². The predicted octanol–water partition coefficient (Wildman–Crippen LogP) is 5.78. The van der Waals surface area contributed by atoms with Crippen LogP contribution < -0.4 is 10.2 Å². The summed E-state index contributed by atoms with van der Waals surface area (Å²) in [6.45, 7) is 2.40. The topological polar surface area (TPSA) is 62.3 Å². The quantitative estimate of drug-likeness (QED) is 0.417. The molecule has 0 spiro atoms. The number of rotatable bonds is 5. The number of amides is 2. The maximum absolute atomic E-state index is 12.8. The first kappa shape index (κ1) is 21.1. The molecule has 1 fully saturated rings. The van der Waals surface area contributed by atoms with Gasteiger partial charge in [0.15, 0.2) is 0 Å². The van der Waals surface area contributed by atoms with E-state index in [0.29, 0.717) is 12.2 Å². The number of thiazole rings is 1. The van der Waals surface area contributed by atoms with Crippen LogP contribution in [-0.2, 0) is 9.59 Å². The molecule has 1 atom stereocenters. The van der Waals surface area contributed by atoms with E-state index in [1.807, 2.05) is 79.0 Å². The number of carbonyl (C=O) groups excluding carboxylic acids is 2. The minimum atomic E-state index is -0.370. The van der Waals surface area contributed by atoms with Crippen molar-refractivity contribution in [2.75, 3.05) is 16.8 Å². The molecule has 2 heterocycles. The molecule has 2 amide bonds. The van der Waals surface area contributed by atoms with Gasteiger partial charge in [-0.2, -0.15) is 0 Å². The first-order chi connectivity index (χ1) is 16.1. The monoisotopic (exact) mass is 453 g/mol. The molecule has 1 unspecified atom stereocenters. The van der Waals surface area contributed by atoms with Crippen LogP contribution in [0.25, 0.3) is 21.8 Å². The van der Waals surface area contributed by atoms with E-state index in [9.17, 15) is 9.59 Å². The fourth-order valence-electron chi connectivity index (χ4n) is 3.95. The van der Waals surface area contributed by atoms with Gasteiger partial charge in [-0.3, -0.25) is 9.59 Å². The second-order valence-corrected chi connectivity index (χ2v) is 9.07. The Balaban J connectivity index is 1.23. The van der Waals surface area contributed by atoms with Gasteiger partial charge < -0.3 is 10.2 Å². The lowest BCUT2D eigenvalue weighted by Gasteiger charge is -2.17. The van der Waals surface area contributed by atoms with E-state index in [2.05, 4.69) is 17.4 Å². The van der Waals surface area contributed by atoms with Crippen molar-refractivity contribution < 1.29 is 9.59 Å². The van der Waals surface area contributed by atoms with Gasteiger partial charge in [0.25, 0.3) is 0 Å². The van der Waals surface area contributed by atoms with Gasteiger partial charge in [0.05, 0.1) is 11.6 Å². The number of nitrogens with zero attached hydrogens (tertiary/aromatic N) is 2. The van der Waals surface area contributed by atoms with Crippen molar-refractivity contribution >= 4 is 34.5 Å². The van der Waals surface area contributed by atoms with Gasteiger partial charge in [0, 0.05) is 40.8 Å². The Labute approximate surface area is 196 Å². The van der Waals surface area contributed by atoms with Crippen LogP contribution in [-0.4, -0.2) is 23.3 Å². The minimum Gasteiger partial charge on any atom is -0.326 e. The van der Waals surface area contributed by atoms with Crippen molar-refractivity contribution in [1.29, 1.82) is 0 Å². The normalized spacial score (nSPS) is 15.6.